The van der Waals surface area contributed by atoms with E-state index in [-0.39, 0.29) is 0 Å². The van der Waals surface area contributed by atoms with E-state index in [4.69, 9.17) is 4.74 Å². The van der Waals surface area contributed by atoms with E-state index in [1.165, 1.54) is 5.56 Å². The quantitative estimate of drug-likeness (QED) is 0.847. The largest absolute Gasteiger partial charge is 0.412 e. The lowest BCUT2D eigenvalue weighted by molar-refractivity contribution is 0.201. The molecule has 0 spiro atoms. The molecule has 0 aliphatic rings. The second-order valence-electron chi connectivity index (χ2n) is 3.80. The topological polar surface area (TPSA) is 38.3 Å². The van der Waals surface area contributed by atoms with Crippen LogP contribution in [0.15, 0.2) is 24.3 Å². The predicted octanol–water partition coefficient (Wildman–Crippen LogP) is 3.31. The van der Waals surface area contributed by atoms with Gasteiger partial charge in [-0.2, -0.15) is 0 Å². The summed E-state index contributed by atoms with van der Waals surface area (Å²) in [6, 6.07) is 7.67. The highest BCUT2D eigenvalue weighted by Gasteiger charge is 2.05. The van der Waals surface area contributed by atoms with Crippen molar-refractivity contribution < 1.29 is 9.53 Å². The number of benzene rings is 1. The predicted molar refractivity (Wildman–Crippen MR) is 64.8 cm³/mol. The molecule has 0 aromatic heterocycles. The molecule has 3 nitrogen and oxygen atoms in total. The third kappa shape index (κ3) is 3.57. The van der Waals surface area contributed by atoms with E-state index in [1.807, 2.05) is 31.2 Å². The first-order chi connectivity index (χ1) is 7.67. The second-order valence-corrected chi connectivity index (χ2v) is 3.80. The smallest absolute Gasteiger partial charge is 0.410 e. The zero-order chi connectivity index (χ0) is 12.0. The van der Waals surface area contributed by atoms with E-state index < -0.39 is 6.09 Å². The minimum atomic E-state index is -0.404. The van der Waals surface area contributed by atoms with Crippen LogP contribution in [-0.2, 0) is 0 Å². The fraction of sp³-hybridized carbons (Fsp3) is 0.462. The van der Waals surface area contributed by atoms with E-state index in [9.17, 15) is 4.79 Å². The summed E-state index contributed by atoms with van der Waals surface area (Å²) in [6.07, 6.45) is 0.704. The number of rotatable bonds is 4. The van der Waals surface area contributed by atoms with Gasteiger partial charge in [0.1, 0.15) is 5.75 Å². The number of hydrogen-bond donors (Lipinski definition) is 1. The van der Waals surface area contributed by atoms with Crippen molar-refractivity contribution in [2.75, 3.05) is 6.54 Å². The molecule has 0 saturated carbocycles. The van der Waals surface area contributed by atoms with Crippen molar-refractivity contribution in [2.24, 2.45) is 0 Å². The van der Waals surface area contributed by atoms with Crippen LogP contribution >= 0.6 is 0 Å². The molecule has 0 heterocycles. The molecule has 1 rings (SSSR count). The molecule has 0 aliphatic heterocycles. The Morgan fingerprint density at radius 3 is 2.44 bits per heavy atom. The first kappa shape index (κ1) is 12.6. The van der Waals surface area contributed by atoms with Gasteiger partial charge in [-0.25, -0.2) is 4.79 Å². The summed E-state index contributed by atoms with van der Waals surface area (Å²) in [5, 5.41) is 2.58. The molecule has 0 saturated heterocycles. The minimum Gasteiger partial charge on any atom is -0.410 e. The summed E-state index contributed by atoms with van der Waals surface area (Å²) in [6.45, 7) is 6.76. The van der Waals surface area contributed by atoms with Gasteiger partial charge in [0, 0.05) is 6.54 Å². The van der Waals surface area contributed by atoms with Crippen molar-refractivity contribution in [1.82, 2.24) is 5.32 Å². The van der Waals surface area contributed by atoms with Crippen LogP contribution in [0, 0.1) is 0 Å². The number of hydrogen-bond acceptors (Lipinski definition) is 2. The zero-order valence-electron chi connectivity index (χ0n) is 10.1. The lowest BCUT2D eigenvalue weighted by Crippen LogP contribution is -2.26. The van der Waals surface area contributed by atoms with Gasteiger partial charge in [-0.3, -0.25) is 0 Å². The lowest BCUT2D eigenvalue weighted by Gasteiger charge is -2.10. The van der Waals surface area contributed by atoms with E-state index in [2.05, 4.69) is 19.2 Å². The summed E-state index contributed by atoms with van der Waals surface area (Å²) in [4.78, 5) is 11.2. The Hall–Kier alpha value is -1.51. The molecule has 1 aromatic rings. The van der Waals surface area contributed by atoms with Crippen molar-refractivity contribution in [3.8, 4) is 5.75 Å². The van der Waals surface area contributed by atoms with Gasteiger partial charge < -0.3 is 10.1 Å². The minimum absolute atomic E-state index is 0.404. The van der Waals surface area contributed by atoms with Gasteiger partial charge in [0.25, 0.3) is 0 Å². The molecule has 0 aliphatic carbocycles. The average Bonchev–Trinajstić information content (AvgIpc) is 2.29. The molecule has 1 N–H and O–H groups in total. The fourth-order valence-electron chi connectivity index (χ4n) is 1.39. The van der Waals surface area contributed by atoms with E-state index in [0.717, 1.165) is 6.42 Å². The normalized spacial score (nSPS) is 11.9. The maximum Gasteiger partial charge on any atom is 0.412 e. The Balaban J connectivity index is 2.61. The van der Waals surface area contributed by atoms with Gasteiger partial charge >= 0.3 is 6.09 Å². The van der Waals surface area contributed by atoms with Crippen molar-refractivity contribution in [3.63, 3.8) is 0 Å². The third-order valence-electron chi connectivity index (χ3n) is 2.59. The molecular weight excluding hydrogens is 202 g/mol. The Morgan fingerprint density at radius 1 is 1.31 bits per heavy atom. The standard InChI is InChI=1S/C13H19NO2/c1-4-10(3)11-6-8-12(9-7-11)16-13(15)14-5-2/h6-10H,4-5H2,1-3H3,(H,14,15). The van der Waals surface area contributed by atoms with Crippen LogP contribution in [0.2, 0.25) is 0 Å². The van der Waals surface area contributed by atoms with Crippen LogP contribution in [0.3, 0.4) is 0 Å². The average molecular weight is 221 g/mol. The number of amides is 1. The van der Waals surface area contributed by atoms with Crippen LogP contribution in [0.1, 0.15) is 38.7 Å². The highest BCUT2D eigenvalue weighted by molar-refractivity contribution is 5.70. The maximum absolute atomic E-state index is 11.2. The molecule has 1 amide bonds. The highest BCUT2D eigenvalue weighted by atomic mass is 16.5. The Bertz CT molecular complexity index is 332. The third-order valence-corrected chi connectivity index (χ3v) is 2.59. The van der Waals surface area contributed by atoms with Gasteiger partial charge in [0.05, 0.1) is 0 Å². The summed E-state index contributed by atoms with van der Waals surface area (Å²) < 4.78 is 5.07. The van der Waals surface area contributed by atoms with Crippen LogP contribution in [0.25, 0.3) is 0 Å². The highest BCUT2D eigenvalue weighted by Crippen LogP contribution is 2.21. The number of nitrogens with one attached hydrogen (secondary N) is 1. The summed E-state index contributed by atoms with van der Waals surface area (Å²) in [5.74, 6) is 1.12. The molecule has 16 heavy (non-hydrogen) atoms. The number of carbonyl (C=O) groups is 1. The van der Waals surface area contributed by atoms with Crippen LogP contribution < -0.4 is 10.1 Å². The first-order valence-corrected chi connectivity index (χ1v) is 5.73. The molecule has 3 heteroatoms. The van der Waals surface area contributed by atoms with Crippen molar-refractivity contribution >= 4 is 6.09 Å². The second kappa shape index (κ2) is 6.16. The Kier molecular flexibility index (Phi) is 4.83. The summed E-state index contributed by atoms with van der Waals surface area (Å²) in [5.41, 5.74) is 1.27. The molecule has 0 bridgehead atoms. The van der Waals surface area contributed by atoms with E-state index >= 15 is 0 Å². The van der Waals surface area contributed by atoms with Crippen molar-refractivity contribution in [3.05, 3.63) is 29.8 Å². The molecule has 0 radical (unpaired) electrons. The van der Waals surface area contributed by atoms with Gasteiger partial charge in [-0.15, -0.1) is 0 Å². The number of ether oxygens (including phenoxy) is 1. The lowest BCUT2D eigenvalue weighted by atomic mass is 9.99. The number of carbonyl (C=O) groups excluding carboxylic acids is 1. The van der Waals surface area contributed by atoms with Gasteiger partial charge in [0.2, 0.25) is 0 Å². The van der Waals surface area contributed by atoms with Gasteiger partial charge in [0.15, 0.2) is 0 Å². The van der Waals surface area contributed by atoms with Crippen LogP contribution in [0.5, 0.6) is 5.75 Å². The Morgan fingerprint density at radius 2 is 1.94 bits per heavy atom. The van der Waals surface area contributed by atoms with Crippen LogP contribution in [-0.4, -0.2) is 12.6 Å². The molecule has 1 atom stereocenters. The first-order valence-electron chi connectivity index (χ1n) is 5.73. The molecule has 1 aromatic carbocycles. The summed E-state index contributed by atoms with van der Waals surface area (Å²) in [7, 11) is 0. The SMILES string of the molecule is CCNC(=O)Oc1ccc(C(C)CC)cc1. The fourth-order valence-corrected chi connectivity index (χ4v) is 1.39. The van der Waals surface area contributed by atoms with Gasteiger partial charge in [-0.05, 0) is 37.0 Å². The summed E-state index contributed by atoms with van der Waals surface area (Å²) >= 11 is 0. The van der Waals surface area contributed by atoms with E-state index in [0.29, 0.717) is 18.2 Å². The van der Waals surface area contributed by atoms with E-state index in [1.54, 1.807) is 0 Å². The molecular formula is C13H19NO2. The monoisotopic (exact) mass is 221 g/mol. The van der Waals surface area contributed by atoms with Crippen molar-refractivity contribution in [2.45, 2.75) is 33.1 Å². The maximum atomic E-state index is 11.2. The Labute approximate surface area is 96.8 Å². The van der Waals surface area contributed by atoms with Crippen molar-refractivity contribution in [1.29, 1.82) is 0 Å². The molecule has 88 valence electrons. The molecule has 1 unspecified atom stereocenters. The molecule has 0 fully saturated rings. The zero-order valence-corrected chi connectivity index (χ0v) is 10.1. The van der Waals surface area contributed by atoms with Crippen LogP contribution in [0.4, 0.5) is 4.79 Å². The van der Waals surface area contributed by atoms with Gasteiger partial charge in [-0.1, -0.05) is 26.0 Å².